The molecule has 1 amide bonds. The number of nitrogens with one attached hydrogen (secondary N) is 1. The van der Waals surface area contributed by atoms with Gasteiger partial charge >= 0.3 is 0 Å². The number of hydrogen-bond acceptors (Lipinski definition) is 4. The fourth-order valence-corrected chi connectivity index (χ4v) is 2.51. The molecule has 0 saturated heterocycles. The van der Waals surface area contributed by atoms with Crippen LogP contribution in [0.4, 0.5) is 11.5 Å². The topological polar surface area (TPSA) is 54.5 Å². The molecule has 1 aromatic carbocycles. The van der Waals surface area contributed by atoms with E-state index in [1.54, 1.807) is 18.3 Å². The van der Waals surface area contributed by atoms with E-state index < -0.39 is 6.10 Å². The van der Waals surface area contributed by atoms with Crippen LogP contribution in [0.5, 0.6) is 5.75 Å². The standard InChI is InChI=1S/C16H16ClN3O2/c1-20(2)15-6-4-12(9-18-15)19-16(21)14-8-10-7-11(17)3-5-13(10)22-14/h3-7,9,14H,8H2,1-2H3,(H,19,21)/t14-/m0/s1. The Labute approximate surface area is 133 Å². The van der Waals surface area contributed by atoms with Gasteiger partial charge in [-0.2, -0.15) is 0 Å². The Morgan fingerprint density at radius 2 is 2.18 bits per heavy atom. The number of pyridine rings is 1. The highest BCUT2D eigenvalue weighted by Crippen LogP contribution is 2.31. The molecule has 0 aliphatic carbocycles. The van der Waals surface area contributed by atoms with Crippen molar-refractivity contribution in [3.63, 3.8) is 0 Å². The third-order valence-electron chi connectivity index (χ3n) is 3.46. The third-order valence-corrected chi connectivity index (χ3v) is 3.70. The van der Waals surface area contributed by atoms with Gasteiger partial charge in [0, 0.05) is 25.5 Å². The lowest BCUT2D eigenvalue weighted by atomic mass is 10.1. The molecular formula is C16H16ClN3O2. The molecule has 1 N–H and O–H groups in total. The van der Waals surface area contributed by atoms with Gasteiger partial charge in [-0.05, 0) is 35.9 Å². The smallest absolute Gasteiger partial charge is 0.265 e. The minimum absolute atomic E-state index is 0.188. The van der Waals surface area contributed by atoms with Gasteiger partial charge in [0.25, 0.3) is 5.91 Å². The van der Waals surface area contributed by atoms with Crippen molar-refractivity contribution in [3.8, 4) is 5.75 Å². The van der Waals surface area contributed by atoms with Crippen LogP contribution in [0.15, 0.2) is 36.5 Å². The molecular weight excluding hydrogens is 302 g/mol. The van der Waals surface area contributed by atoms with E-state index in [-0.39, 0.29) is 5.91 Å². The summed E-state index contributed by atoms with van der Waals surface area (Å²) in [5.74, 6) is 1.36. The second-order valence-electron chi connectivity index (χ2n) is 5.35. The zero-order valence-electron chi connectivity index (χ0n) is 12.3. The number of rotatable bonds is 3. The van der Waals surface area contributed by atoms with Crippen molar-refractivity contribution in [2.45, 2.75) is 12.5 Å². The van der Waals surface area contributed by atoms with E-state index in [4.69, 9.17) is 16.3 Å². The number of fused-ring (bicyclic) bond motifs is 1. The van der Waals surface area contributed by atoms with Crippen molar-refractivity contribution in [1.29, 1.82) is 0 Å². The number of benzene rings is 1. The molecule has 0 saturated carbocycles. The molecule has 22 heavy (non-hydrogen) atoms. The Morgan fingerprint density at radius 3 is 2.86 bits per heavy atom. The average Bonchev–Trinajstić information content (AvgIpc) is 2.91. The zero-order chi connectivity index (χ0) is 15.7. The van der Waals surface area contributed by atoms with Crippen molar-refractivity contribution in [1.82, 2.24) is 4.98 Å². The fourth-order valence-electron chi connectivity index (χ4n) is 2.31. The van der Waals surface area contributed by atoms with Crippen molar-refractivity contribution in [3.05, 3.63) is 47.1 Å². The molecule has 2 aromatic rings. The van der Waals surface area contributed by atoms with Crippen molar-refractivity contribution in [2.75, 3.05) is 24.3 Å². The van der Waals surface area contributed by atoms with Gasteiger partial charge in [-0.3, -0.25) is 4.79 Å². The lowest BCUT2D eigenvalue weighted by molar-refractivity contribution is -0.122. The lowest BCUT2D eigenvalue weighted by Crippen LogP contribution is -2.31. The number of carbonyl (C=O) groups is 1. The van der Waals surface area contributed by atoms with Crippen LogP contribution in [-0.4, -0.2) is 31.1 Å². The van der Waals surface area contributed by atoms with E-state index in [2.05, 4.69) is 10.3 Å². The number of halogens is 1. The Bertz CT molecular complexity index is 701. The summed E-state index contributed by atoms with van der Waals surface area (Å²) in [6.07, 6.45) is 1.61. The maximum absolute atomic E-state index is 12.3. The van der Waals surface area contributed by atoms with E-state index in [0.29, 0.717) is 22.9 Å². The summed E-state index contributed by atoms with van der Waals surface area (Å²) in [7, 11) is 3.82. The summed E-state index contributed by atoms with van der Waals surface area (Å²) in [5, 5.41) is 3.47. The van der Waals surface area contributed by atoms with E-state index in [1.165, 1.54) is 0 Å². The molecule has 0 spiro atoms. The van der Waals surface area contributed by atoms with Crippen LogP contribution < -0.4 is 15.0 Å². The molecule has 0 bridgehead atoms. The summed E-state index contributed by atoms with van der Waals surface area (Å²) < 4.78 is 5.66. The number of ether oxygens (including phenoxy) is 1. The number of nitrogens with zero attached hydrogens (tertiary/aromatic N) is 2. The third kappa shape index (κ3) is 2.99. The Balaban J connectivity index is 1.66. The van der Waals surface area contributed by atoms with Crippen molar-refractivity contribution < 1.29 is 9.53 Å². The van der Waals surface area contributed by atoms with Gasteiger partial charge in [0.15, 0.2) is 6.10 Å². The van der Waals surface area contributed by atoms with Crippen molar-refractivity contribution in [2.24, 2.45) is 0 Å². The minimum atomic E-state index is -0.540. The van der Waals surface area contributed by atoms with E-state index in [9.17, 15) is 4.79 Å². The summed E-state index contributed by atoms with van der Waals surface area (Å²) in [6.45, 7) is 0. The van der Waals surface area contributed by atoms with Crippen LogP contribution in [0.3, 0.4) is 0 Å². The number of anilines is 2. The molecule has 114 valence electrons. The summed E-state index contributed by atoms with van der Waals surface area (Å²) >= 11 is 5.95. The molecule has 1 aliphatic heterocycles. The molecule has 5 nitrogen and oxygen atoms in total. The van der Waals surface area contributed by atoms with Crippen LogP contribution in [0.2, 0.25) is 5.02 Å². The summed E-state index contributed by atoms with van der Waals surface area (Å²) in [4.78, 5) is 18.4. The van der Waals surface area contributed by atoms with E-state index in [0.717, 1.165) is 11.4 Å². The largest absolute Gasteiger partial charge is 0.480 e. The molecule has 3 rings (SSSR count). The van der Waals surface area contributed by atoms with Gasteiger partial charge in [-0.25, -0.2) is 4.98 Å². The Morgan fingerprint density at radius 1 is 1.36 bits per heavy atom. The number of hydrogen-bond donors (Lipinski definition) is 1. The molecule has 1 aliphatic rings. The van der Waals surface area contributed by atoms with Crippen LogP contribution in [0, 0.1) is 0 Å². The first kappa shape index (κ1) is 14.7. The van der Waals surface area contributed by atoms with Gasteiger partial charge < -0.3 is 15.0 Å². The van der Waals surface area contributed by atoms with Gasteiger partial charge in [0.05, 0.1) is 11.9 Å². The maximum atomic E-state index is 12.3. The molecule has 0 unspecified atom stereocenters. The second-order valence-corrected chi connectivity index (χ2v) is 5.79. The van der Waals surface area contributed by atoms with E-state index >= 15 is 0 Å². The van der Waals surface area contributed by atoms with Crippen LogP contribution >= 0.6 is 11.6 Å². The Hall–Kier alpha value is -2.27. The van der Waals surface area contributed by atoms with Gasteiger partial charge in [-0.15, -0.1) is 0 Å². The first-order valence-electron chi connectivity index (χ1n) is 6.92. The van der Waals surface area contributed by atoms with Crippen molar-refractivity contribution >= 4 is 29.0 Å². The molecule has 0 radical (unpaired) electrons. The first-order valence-corrected chi connectivity index (χ1v) is 7.30. The minimum Gasteiger partial charge on any atom is -0.480 e. The highest BCUT2D eigenvalue weighted by atomic mass is 35.5. The molecule has 2 heterocycles. The first-order chi connectivity index (χ1) is 10.5. The SMILES string of the molecule is CN(C)c1ccc(NC(=O)[C@@H]2Cc3cc(Cl)ccc3O2)cn1. The molecule has 0 fully saturated rings. The van der Waals surface area contributed by atoms with E-state index in [1.807, 2.05) is 37.2 Å². The highest BCUT2D eigenvalue weighted by molar-refractivity contribution is 6.30. The predicted octanol–water partition coefficient (Wildman–Crippen LogP) is 2.74. The summed E-state index contributed by atoms with van der Waals surface area (Å²) in [6, 6.07) is 9.04. The van der Waals surface area contributed by atoms with Crippen LogP contribution in [0.25, 0.3) is 0 Å². The maximum Gasteiger partial charge on any atom is 0.265 e. The predicted molar refractivity (Wildman–Crippen MR) is 86.8 cm³/mol. The molecule has 1 aromatic heterocycles. The lowest BCUT2D eigenvalue weighted by Gasteiger charge is -2.13. The molecule has 1 atom stereocenters. The quantitative estimate of drug-likeness (QED) is 0.945. The number of carbonyl (C=O) groups excluding carboxylic acids is 1. The Kier molecular flexibility index (Phi) is 3.90. The monoisotopic (exact) mass is 317 g/mol. The normalized spacial score (nSPS) is 15.9. The zero-order valence-corrected chi connectivity index (χ0v) is 13.1. The molecule has 6 heteroatoms. The second kappa shape index (κ2) is 5.85. The summed E-state index contributed by atoms with van der Waals surface area (Å²) in [5.41, 5.74) is 1.60. The van der Waals surface area contributed by atoms with Gasteiger partial charge in [0.2, 0.25) is 0 Å². The van der Waals surface area contributed by atoms with Gasteiger partial charge in [-0.1, -0.05) is 11.6 Å². The highest BCUT2D eigenvalue weighted by Gasteiger charge is 2.29. The van der Waals surface area contributed by atoms with Crippen LogP contribution in [-0.2, 0) is 11.2 Å². The van der Waals surface area contributed by atoms with Crippen LogP contribution in [0.1, 0.15) is 5.56 Å². The number of aromatic nitrogens is 1. The van der Waals surface area contributed by atoms with Gasteiger partial charge in [0.1, 0.15) is 11.6 Å². The number of amides is 1. The fraction of sp³-hybridized carbons (Fsp3) is 0.250. The average molecular weight is 318 g/mol.